The Kier molecular flexibility index (Phi) is 5.93. The number of para-hydroxylation sites is 3. The highest BCUT2D eigenvalue weighted by Crippen LogP contribution is 2.50. The van der Waals surface area contributed by atoms with Gasteiger partial charge in [0.1, 0.15) is 11.6 Å². The maximum atomic E-state index is 5.58. The number of nitrogens with zero attached hydrogens (tertiary/aromatic N) is 3. The maximum Gasteiger partial charge on any atom is 0.191 e. The summed E-state index contributed by atoms with van der Waals surface area (Å²) in [6.07, 6.45) is 3.34. The van der Waals surface area contributed by atoms with Crippen molar-refractivity contribution in [1.82, 2.24) is 20.2 Å². The zero-order valence-corrected chi connectivity index (χ0v) is 18.1. The van der Waals surface area contributed by atoms with E-state index in [-0.39, 0.29) is 5.41 Å². The summed E-state index contributed by atoms with van der Waals surface area (Å²) in [4.78, 5) is 9.05. The quantitative estimate of drug-likeness (QED) is 0.341. The smallest absolute Gasteiger partial charge is 0.191 e. The number of ether oxygens (including phenoxy) is 1. The number of hydrogen-bond acceptors (Lipinski definition) is 3. The molecule has 1 fully saturated rings. The summed E-state index contributed by atoms with van der Waals surface area (Å²) in [6, 6.07) is 16.7. The number of benzene rings is 2. The molecule has 0 saturated heterocycles. The first-order chi connectivity index (χ1) is 14.7. The van der Waals surface area contributed by atoms with Crippen LogP contribution in [-0.2, 0) is 12.0 Å². The Hall–Kier alpha value is -3.02. The molecule has 6 nitrogen and oxygen atoms in total. The number of guanidine groups is 1. The van der Waals surface area contributed by atoms with Crippen LogP contribution in [0.25, 0.3) is 11.0 Å². The summed E-state index contributed by atoms with van der Waals surface area (Å²) in [6.45, 7) is 4.72. The Morgan fingerprint density at radius 3 is 2.67 bits per heavy atom. The van der Waals surface area contributed by atoms with Gasteiger partial charge in [-0.2, -0.15) is 0 Å². The van der Waals surface area contributed by atoms with Crippen molar-refractivity contribution in [1.29, 1.82) is 0 Å². The van der Waals surface area contributed by atoms with Gasteiger partial charge in [0.15, 0.2) is 5.96 Å². The first-order valence-electron chi connectivity index (χ1n) is 10.7. The van der Waals surface area contributed by atoms with Crippen molar-refractivity contribution in [3.63, 3.8) is 0 Å². The predicted molar refractivity (Wildman–Crippen MR) is 122 cm³/mol. The Balaban J connectivity index is 1.29. The second-order valence-electron chi connectivity index (χ2n) is 7.99. The first-order valence-corrected chi connectivity index (χ1v) is 10.7. The molecule has 0 amide bonds. The van der Waals surface area contributed by atoms with Crippen molar-refractivity contribution in [2.75, 3.05) is 27.2 Å². The molecule has 6 heteroatoms. The third-order valence-electron chi connectivity index (χ3n) is 6.05. The summed E-state index contributed by atoms with van der Waals surface area (Å²) >= 11 is 0. The van der Waals surface area contributed by atoms with Gasteiger partial charge in [-0.3, -0.25) is 4.99 Å². The van der Waals surface area contributed by atoms with Gasteiger partial charge in [-0.05, 0) is 44.4 Å². The van der Waals surface area contributed by atoms with Crippen molar-refractivity contribution in [2.24, 2.45) is 4.99 Å². The van der Waals surface area contributed by atoms with Gasteiger partial charge in [-0.15, -0.1) is 0 Å². The highest BCUT2D eigenvalue weighted by molar-refractivity contribution is 5.80. The van der Waals surface area contributed by atoms with Gasteiger partial charge in [0, 0.05) is 37.7 Å². The summed E-state index contributed by atoms with van der Waals surface area (Å²) in [5, 5.41) is 6.97. The summed E-state index contributed by atoms with van der Waals surface area (Å²) in [5.41, 5.74) is 3.70. The molecule has 0 radical (unpaired) electrons. The fourth-order valence-electron chi connectivity index (χ4n) is 4.17. The van der Waals surface area contributed by atoms with Gasteiger partial charge in [0.25, 0.3) is 0 Å². The van der Waals surface area contributed by atoms with Crippen LogP contribution in [0.3, 0.4) is 0 Å². The molecule has 0 aliphatic heterocycles. The van der Waals surface area contributed by atoms with E-state index in [0.29, 0.717) is 0 Å². The van der Waals surface area contributed by atoms with Crippen LogP contribution in [0.2, 0.25) is 0 Å². The molecule has 3 aromatic rings. The lowest BCUT2D eigenvalue weighted by Crippen LogP contribution is -2.41. The van der Waals surface area contributed by atoms with Crippen molar-refractivity contribution in [2.45, 2.75) is 38.1 Å². The van der Waals surface area contributed by atoms with E-state index in [9.17, 15) is 0 Å². The van der Waals surface area contributed by atoms with Crippen LogP contribution in [0.1, 0.15) is 30.7 Å². The number of aliphatic imine (C=N–C) groups is 1. The van der Waals surface area contributed by atoms with Gasteiger partial charge in [0.2, 0.25) is 0 Å². The molecule has 0 atom stereocenters. The average Bonchev–Trinajstić information content (AvgIpc) is 3.50. The fourth-order valence-corrected chi connectivity index (χ4v) is 4.17. The molecule has 1 heterocycles. The van der Waals surface area contributed by atoms with E-state index in [4.69, 9.17) is 4.74 Å². The number of rotatable bonds is 8. The van der Waals surface area contributed by atoms with Crippen LogP contribution < -0.4 is 15.4 Å². The van der Waals surface area contributed by atoms with Crippen molar-refractivity contribution >= 4 is 17.0 Å². The van der Waals surface area contributed by atoms with E-state index < -0.39 is 0 Å². The monoisotopic (exact) mass is 405 g/mol. The van der Waals surface area contributed by atoms with Crippen LogP contribution >= 0.6 is 0 Å². The normalized spacial score (nSPS) is 15.2. The maximum absolute atomic E-state index is 5.58. The van der Waals surface area contributed by atoms with Gasteiger partial charge < -0.3 is 19.9 Å². The number of fused-ring (bicyclic) bond motifs is 1. The minimum absolute atomic E-state index is 0.150. The number of hydrogen-bond donors (Lipinski definition) is 2. The molecule has 2 N–H and O–H groups in total. The van der Waals surface area contributed by atoms with E-state index in [1.54, 1.807) is 7.11 Å². The predicted octanol–water partition coefficient (Wildman–Crippen LogP) is 3.64. The van der Waals surface area contributed by atoms with E-state index in [2.05, 4.69) is 62.4 Å². The Labute approximate surface area is 178 Å². The Bertz CT molecular complexity index is 1040. The molecular formula is C24H31N5O. The standard InChI is InChI=1S/C24H31N5O/c1-18-28-20-10-5-6-11-21(20)29(18)16-8-15-26-23(25-2)27-17-24(13-14-24)19-9-4-7-12-22(19)30-3/h4-7,9-12H,8,13-17H2,1-3H3,(H2,25,26,27). The minimum Gasteiger partial charge on any atom is -0.496 e. The van der Waals surface area contributed by atoms with E-state index in [1.807, 2.05) is 25.2 Å². The lowest BCUT2D eigenvalue weighted by atomic mass is 9.95. The second kappa shape index (κ2) is 8.78. The Morgan fingerprint density at radius 1 is 1.13 bits per heavy atom. The van der Waals surface area contributed by atoms with Gasteiger partial charge in [0.05, 0.1) is 18.1 Å². The van der Waals surface area contributed by atoms with Gasteiger partial charge in [-0.25, -0.2) is 4.98 Å². The van der Waals surface area contributed by atoms with Crippen LogP contribution in [0, 0.1) is 6.92 Å². The SMILES string of the molecule is CN=C(NCCCn1c(C)nc2ccccc21)NCC1(c2ccccc2OC)CC1. The van der Waals surface area contributed by atoms with E-state index in [1.165, 1.54) is 23.9 Å². The zero-order chi connectivity index (χ0) is 21.0. The summed E-state index contributed by atoms with van der Waals surface area (Å²) < 4.78 is 7.86. The number of aryl methyl sites for hydroxylation is 2. The van der Waals surface area contributed by atoms with Crippen LogP contribution in [0.15, 0.2) is 53.5 Å². The summed E-state index contributed by atoms with van der Waals surface area (Å²) in [5.74, 6) is 2.89. The number of methoxy groups -OCH3 is 1. The molecule has 1 aromatic heterocycles. The minimum atomic E-state index is 0.150. The molecule has 0 bridgehead atoms. The van der Waals surface area contributed by atoms with Crippen LogP contribution in [0.4, 0.5) is 0 Å². The largest absolute Gasteiger partial charge is 0.496 e. The average molecular weight is 406 g/mol. The second-order valence-corrected chi connectivity index (χ2v) is 7.99. The van der Waals surface area contributed by atoms with E-state index in [0.717, 1.165) is 49.1 Å². The van der Waals surface area contributed by atoms with Crippen LogP contribution in [0.5, 0.6) is 5.75 Å². The molecular weight excluding hydrogens is 374 g/mol. The first kappa shape index (κ1) is 20.3. The topological polar surface area (TPSA) is 63.5 Å². The molecule has 0 unspecified atom stereocenters. The highest BCUT2D eigenvalue weighted by Gasteiger charge is 2.46. The van der Waals surface area contributed by atoms with Gasteiger partial charge in [-0.1, -0.05) is 30.3 Å². The lowest BCUT2D eigenvalue weighted by molar-refractivity contribution is 0.403. The zero-order valence-electron chi connectivity index (χ0n) is 18.1. The van der Waals surface area contributed by atoms with Crippen molar-refractivity contribution < 1.29 is 4.74 Å². The number of imidazole rings is 1. The highest BCUT2D eigenvalue weighted by atomic mass is 16.5. The third-order valence-corrected chi connectivity index (χ3v) is 6.05. The molecule has 30 heavy (non-hydrogen) atoms. The number of aromatic nitrogens is 2. The number of nitrogens with one attached hydrogen (secondary N) is 2. The van der Waals surface area contributed by atoms with Gasteiger partial charge >= 0.3 is 0 Å². The molecule has 4 rings (SSSR count). The molecule has 1 saturated carbocycles. The molecule has 2 aromatic carbocycles. The molecule has 158 valence electrons. The van der Waals surface area contributed by atoms with E-state index >= 15 is 0 Å². The fraction of sp³-hybridized carbons (Fsp3) is 0.417. The van der Waals surface area contributed by atoms with Crippen molar-refractivity contribution in [3.8, 4) is 5.75 Å². The third kappa shape index (κ3) is 4.13. The molecule has 1 aliphatic rings. The molecule has 0 spiro atoms. The summed E-state index contributed by atoms with van der Waals surface area (Å²) in [7, 11) is 3.57. The lowest BCUT2D eigenvalue weighted by Gasteiger charge is -2.21. The Morgan fingerprint density at radius 2 is 1.90 bits per heavy atom. The van der Waals surface area contributed by atoms with Crippen LogP contribution in [-0.4, -0.2) is 42.8 Å². The molecule has 1 aliphatic carbocycles. The van der Waals surface area contributed by atoms with Crippen molar-refractivity contribution in [3.05, 3.63) is 59.9 Å².